The van der Waals surface area contributed by atoms with Crippen molar-refractivity contribution in [3.8, 4) is 17.2 Å². The molecule has 2 aromatic carbocycles. The topological polar surface area (TPSA) is 106 Å². The molecular formula is C26H29N3O6. The van der Waals surface area contributed by atoms with Gasteiger partial charge in [-0.15, -0.1) is 0 Å². The van der Waals surface area contributed by atoms with Crippen LogP contribution in [0, 0.1) is 5.92 Å². The van der Waals surface area contributed by atoms with Gasteiger partial charge in [0.2, 0.25) is 12.7 Å². The van der Waals surface area contributed by atoms with E-state index in [9.17, 15) is 14.4 Å². The summed E-state index contributed by atoms with van der Waals surface area (Å²) in [6.45, 7) is 1.11. The molecule has 2 aliphatic heterocycles. The van der Waals surface area contributed by atoms with Crippen molar-refractivity contribution in [3.63, 3.8) is 0 Å². The number of rotatable bonds is 7. The zero-order valence-corrected chi connectivity index (χ0v) is 19.6. The predicted octanol–water partition coefficient (Wildman–Crippen LogP) is 2.35. The number of hydrogen-bond acceptors (Lipinski definition) is 6. The molecule has 35 heavy (non-hydrogen) atoms. The molecule has 0 unspecified atom stereocenters. The third-order valence-electron chi connectivity index (χ3n) is 6.76. The Kier molecular flexibility index (Phi) is 6.48. The van der Waals surface area contributed by atoms with Gasteiger partial charge >= 0.3 is 0 Å². The minimum Gasteiger partial charge on any atom is -0.496 e. The quantitative estimate of drug-likeness (QED) is 0.632. The van der Waals surface area contributed by atoms with Crippen LogP contribution in [-0.4, -0.2) is 61.7 Å². The number of hydrogen-bond donors (Lipinski definition) is 2. The number of para-hydroxylation sites is 1. The van der Waals surface area contributed by atoms with Gasteiger partial charge in [-0.05, 0) is 61.9 Å². The lowest BCUT2D eigenvalue weighted by molar-refractivity contribution is -0.124. The lowest BCUT2D eigenvalue weighted by Crippen LogP contribution is -2.54. The van der Waals surface area contributed by atoms with Gasteiger partial charge < -0.3 is 29.7 Å². The molecule has 184 valence electrons. The van der Waals surface area contributed by atoms with Crippen LogP contribution < -0.4 is 24.8 Å². The number of ether oxygens (including phenoxy) is 3. The molecule has 1 atom stereocenters. The van der Waals surface area contributed by atoms with Crippen LogP contribution in [0.3, 0.4) is 0 Å². The van der Waals surface area contributed by atoms with E-state index in [0.29, 0.717) is 54.3 Å². The van der Waals surface area contributed by atoms with Gasteiger partial charge in [0, 0.05) is 24.7 Å². The van der Waals surface area contributed by atoms with Gasteiger partial charge in [0.25, 0.3) is 11.8 Å². The molecule has 1 saturated carbocycles. The van der Waals surface area contributed by atoms with Crippen molar-refractivity contribution >= 4 is 17.7 Å². The molecule has 2 fully saturated rings. The molecule has 1 saturated heterocycles. The van der Waals surface area contributed by atoms with Crippen molar-refractivity contribution in [1.82, 2.24) is 15.5 Å². The van der Waals surface area contributed by atoms with E-state index in [1.807, 2.05) is 12.1 Å². The molecule has 0 radical (unpaired) electrons. The second-order valence-corrected chi connectivity index (χ2v) is 9.13. The van der Waals surface area contributed by atoms with E-state index in [-0.39, 0.29) is 36.5 Å². The van der Waals surface area contributed by atoms with Gasteiger partial charge in [0.15, 0.2) is 11.5 Å². The first-order chi connectivity index (χ1) is 17.0. The average molecular weight is 480 g/mol. The monoisotopic (exact) mass is 479 g/mol. The second kappa shape index (κ2) is 9.85. The maximum Gasteiger partial charge on any atom is 0.257 e. The van der Waals surface area contributed by atoms with Crippen molar-refractivity contribution in [2.45, 2.75) is 37.8 Å². The maximum absolute atomic E-state index is 13.1. The number of benzene rings is 2. The summed E-state index contributed by atoms with van der Waals surface area (Å²) >= 11 is 0. The van der Waals surface area contributed by atoms with Gasteiger partial charge in [-0.1, -0.05) is 12.1 Å². The summed E-state index contributed by atoms with van der Waals surface area (Å²) in [6.07, 6.45) is 3.12. The fraction of sp³-hybridized carbons (Fsp3) is 0.423. The molecule has 2 N–H and O–H groups in total. The number of piperidine rings is 1. The highest BCUT2D eigenvalue weighted by molar-refractivity contribution is 5.98. The summed E-state index contributed by atoms with van der Waals surface area (Å²) in [5.41, 5.74) is 0.926. The van der Waals surface area contributed by atoms with Crippen LogP contribution >= 0.6 is 0 Å². The normalized spacial score (nSPS) is 18.0. The summed E-state index contributed by atoms with van der Waals surface area (Å²) in [7, 11) is 1.55. The Hall–Kier alpha value is -3.75. The van der Waals surface area contributed by atoms with Crippen molar-refractivity contribution in [2.24, 2.45) is 5.92 Å². The summed E-state index contributed by atoms with van der Waals surface area (Å²) in [5, 5.41) is 5.98. The molecule has 0 bridgehead atoms. The Labute approximate surface area is 203 Å². The van der Waals surface area contributed by atoms with Crippen LogP contribution in [0.25, 0.3) is 0 Å². The van der Waals surface area contributed by atoms with Gasteiger partial charge in [-0.2, -0.15) is 0 Å². The minimum absolute atomic E-state index is 0.0894. The second-order valence-electron chi connectivity index (χ2n) is 9.13. The van der Waals surface area contributed by atoms with Crippen molar-refractivity contribution in [1.29, 1.82) is 0 Å². The zero-order valence-electron chi connectivity index (χ0n) is 19.6. The molecule has 9 nitrogen and oxygen atoms in total. The van der Waals surface area contributed by atoms with Crippen LogP contribution in [0.1, 0.15) is 46.4 Å². The van der Waals surface area contributed by atoms with E-state index in [0.717, 1.165) is 12.8 Å². The van der Waals surface area contributed by atoms with Gasteiger partial charge in [-0.25, -0.2) is 0 Å². The SMILES string of the molecule is COc1ccccc1C(=O)N1CCC([C@@H](NC(=O)c2ccc3c(c2)OCO3)C(=O)NC2CC2)CC1. The number of methoxy groups -OCH3 is 1. The van der Waals surface area contributed by atoms with E-state index in [1.54, 1.807) is 42.3 Å². The van der Waals surface area contributed by atoms with E-state index in [1.165, 1.54) is 0 Å². The highest BCUT2D eigenvalue weighted by Gasteiger charge is 2.36. The fourth-order valence-electron chi connectivity index (χ4n) is 4.61. The number of carbonyl (C=O) groups is 3. The molecule has 2 aromatic rings. The van der Waals surface area contributed by atoms with Crippen LogP contribution in [0.4, 0.5) is 0 Å². The smallest absolute Gasteiger partial charge is 0.257 e. The summed E-state index contributed by atoms with van der Waals surface area (Å²) in [6, 6.07) is 11.6. The molecular weight excluding hydrogens is 450 g/mol. The first-order valence-corrected chi connectivity index (χ1v) is 12.0. The first-order valence-electron chi connectivity index (χ1n) is 12.0. The van der Waals surface area contributed by atoms with E-state index < -0.39 is 6.04 Å². The van der Waals surface area contributed by atoms with Crippen LogP contribution in [-0.2, 0) is 4.79 Å². The molecule has 3 amide bonds. The fourth-order valence-corrected chi connectivity index (χ4v) is 4.61. The van der Waals surface area contributed by atoms with E-state index in [2.05, 4.69) is 10.6 Å². The van der Waals surface area contributed by atoms with Gasteiger partial charge in [0.1, 0.15) is 11.8 Å². The Morgan fingerprint density at radius 3 is 2.49 bits per heavy atom. The Morgan fingerprint density at radius 2 is 1.74 bits per heavy atom. The molecule has 2 heterocycles. The lowest BCUT2D eigenvalue weighted by Gasteiger charge is -2.36. The summed E-state index contributed by atoms with van der Waals surface area (Å²) in [4.78, 5) is 41.0. The van der Waals surface area contributed by atoms with Crippen LogP contribution in [0.15, 0.2) is 42.5 Å². The first kappa shape index (κ1) is 23.0. The lowest BCUT2D eigenvalue weighted by atomic mass is 9.88. The van der Waals surface area contributed by atoms with Crippen molar-refractivity contribution < 1.29 is 28.6 Å². The average Bonchev–Trinajstić information content (AvgIpc) is 3.58. The predicted molar refractivity (Wildman–Crippen MR) is 127 cm³/mol. The molecule has 5 rings (SSSR count). The third-order valence-corrected chi connectivity index (χ3v) is 6.76. The summed E-state index contributed by atoms with van der Waals surface area (Å²) < 4.78 is 16.0. The summed E-state index contributed by atoms with van der Waals surface area (Å²) in [5.74, 6) is 0.953. The Bertz CT molecular complexity index is 1120. The van der Waals surface area contributed by atoms with E-state index in [4.69, 9.17) is 14.2 Å². The molecule has 0 spiro atoms. The number of fused-ring (bicyclic) bond motifs is 1. The Morgan fingerprint density at radius 1 is 1.00 bits per heavy atom. The number of likely N-dealkylation sites (tertiary alicyclic amines) is 1. The standard InChI is InChI=1S/C26H29N3O6/c1-33-20-5-3-2-4-19(20)26(32)29-12-10-16(11-13-29)23(25(31)27-18-7-8-18)28-24(30)17-6-9-21-22(14-17)35-15-34-21/h2-6,9,14,16,18,23H,7-8,10-13,15H2,1H3,(H,27,31)(H,28,30)/t23-/m1/s1. The van der Waals surface area contributed by atoms with Crippen molar-refractivity contribution in [3.05, 3.63) is 53.6 Å². The van der Waals surface area contributed by atoms with Crippen molar-refractivity contribution in [2.75, 3.05) is 27.0 Å². The number of carbonyl (C=O) groups excluding carboxylic acids is 3. The largest absolute Gasteiger partial charge is 0.496 e. The highest BCUT2D eigenvalue weighted by Crippen LogP contribution is 2.33. The Balaban J connectivity index is 1.27. The minimum atomic E-state index is -0.683. The molecule has 3 aliphatic rings. The van der Waals surface area contributed by atoms with Crippen LogP contribution in [0.2, 0.25) is 0 Å². The third kappa shape index (κ3) is 5.03. The zero-order chi connectivity index (χ0) is 24.4. The maximum atomic E-state index is 13.1. The highest BCUT2D eigenvalue weighted by atomic mass is 16.7. The molecule has 9 heteroatoms. The van der Waals surface area contributed by atoms with Gasteiger partial charge in [-0.3, -0.25) is 14.4 Å². The van der Waals surface area contributed by atoms with Crippen LogP contribution in [0.5, 0.6) is 17.2 Å². The van der Waals surface area contributed by atoms with Gasteiger partial charge in [0.05, 0.1) is 12.7 Å². The number of nitrogens with zero attached hydrogens (tertiary/aromatic N) is 1. The number of nitrogens with one attached hydrogen (secondary N) is 2. The molecule has 0 aromatic heterocycles. The van der Waals surface area contributed by atoms with E-state index >= 15 is 0 Å². The molecule has 1 aliphatic carbocycles. The number of amides is 3.